The van der Waals surface area contributed by atoms with Gasteiger partial charge in [-0.25, -0.2) is 0 Å². The highest BCUT2D eigenvalue weighted by Gasteiger charge is 2.26. The molecule has 0 aliphatic carbocycles. The molecule has 2 nitrogen and oxygen atoms in total. The van der Waals surface area contributed by atoms with E-state index in [4.69, 9.17) is 10.2 Å². The van der Waals surface area contributed by atoms with E-state index in [2.05, 4.69) is 187 Å². The zero-order valence-electron chi connectivity index (χ0n) is 27.8. The molecule has 0 atom stereocenters. The summed E-state index contributed by atoms with van der Waals surface area (Å²) >= 11 is 0. The Labute approximate surface area is 274 Å². The van der Waals surface area contributed by atoms with Crippen LogP contribution in [0.25, 0.3) is 44.5 Å². The highest BCUT2D eigenvalue weighted by Crippen LogP contribution is 2.47. The maximum Gasteiger partial charge on any atom is 0.0973 e. The smallest absolute Gasteiger partial charge is 0.0973 e. The van der Waals surface area contributed by atoms with Gasteiger partial charge in [0.15, 0.2) is 0 Å². The van der Waals surface area contributed by atoms with E-state index in [0.29, 0.717) is 0 Å². The molecule has 0 N–H and O–H groups in total. The van der Waals surface area contributed by atoms with Crippen LogP contribution >= 0.6 is 0 Å². The fraction of sp³-hybridized carbons (Fsp3) is 0.182. The number of hydrogen-bond donors (Lipinski definition) is 0. The van der Waals surface area contributed by atoms with Gasteiger partial charge in [-0.2, -0.15) is 0 Å². The molecule has 0 saturated carbocycles. The Balaban J connectivity index is 1.64. The molecule has 46 heavy (non-hydrogen) atoms. The van der Waals surface area contributed by atoms with Crippen molar-refractivity contribution >= 4 is 11.4 Å². The summed E-state index contributed by atoms with van der Waals surface area (Å²) < 4.78 is 0. The van der Waals surface area contributed by atoms with Crippen LogP contribution in [-0.2, 0) is 10.8 Å². The highest BCUT2D eigenvalue weighted by atomic mass is 15.1. The first-order chi connectivity index (χ1) is 22.1. The van der Waals surface area contributed by atoms with Crippen molar-refractivity contribution in [3.63, 3.8) is 0 Å². The van der Waals surface area contributed by atoms with Crippen LogP contribution in [0.15, 0.2) is 156 Å². The maximum atomic E-state index is 5.24. The van der Waals surface area contributed by atoms with Crippen LogP contribution in [0, 0.1) is 0 Å². The number of benzene rings is 6. The first-order valence-electron chi connectivity index (χ1n) is 16.1. The van der Waals surface area contributed by atoms with E-state index in [9.17, 15) is 0 Å². The second-order valence-corrected chi connectivity index (χ2v) is 14.0. The van der Waals surface area contributed by atoms with Crippen molar-refractivity contribution < 1.29 is 0 Å². The quantitative estimate of drug-likeness (QED) is 0.170. The molecular formula is C44H42N2. The topological polar surface area (TPSA) is 24.7 Å². The van der Waals surface area contributed by atoms with E-state index in [1.165, 1.54) is 22.3 Å². The Morgan fingerprint density at radius 2 is 0.609 bits per heavy atom. The van der Waals surface area contributed by atoms with Gasteiger partial charge in [0.1, 0.15) is 0 Å². The van der Waals surface area contributed by atoms with Crippen molar-refractivity contribution in [2.45, 2.75) is 52.4 Å². The molecular weight excluding hydrogens is 556 g/mol. The zero-order valence-corrected chi connectivity index (χ0v) is 27.8. The fourth-order valence-corrected chi connectivity index (χ4v) is 6.00. The van der Waals surface area contributed by atoms with Crippen LogP contribution in [0.2, 0.25) is 0 Å². The predicted molar refractivity (Wildman–Crippen MR) is 196 cm³/mol. The minimum atomic E-state index is -0.172. The molecule has 6 aromatic rings. The first kappa shape index (κ1) is 30.9. The van der Waals surface area contributed by atoms with Crippen LogP contribution in [0.1, 0.15) is 52.7 Å². The Morgan fingerprint density at radius 1 is 0.326 bits per heavy atom. The summed E-state index contributed by atoms with van der Waals surface area (Å²) in [7, 11) is 0. The van der Waals surface area contributed by atoms with E-state index in [1.54, 1.807) is 0 Å². The van der Waals surface area contributed by atoms with Crippen molar-refractivity contribution in [3.05, 3.63) is 157 Å². The standard InChI is InChI=1S/C44H42N2/c1-43(2,3)39-29-35(31-19-11-7-12-20-31)27-37(33-23-15-9-16-24-33)41(39)45-46-42-38(34-25-17-10-18-26-34)28-36(30-40(42)44(4,5)6)32-21-13-8-14-22-32/h7-30H,1-6H3. The molecule has 0 unspecified atom stereocenters. The number of hydrogen-bond acceptors (Lipinski definition) is 2. The zero-order chi connectivity index (χ0) is 32.3. The maximum absolute atomic E-state index is 5.24. The fourth-order valence-electron chi connectivity index (χ4n) is 6.00. The molecule has 0 fully saturated rings. The van der Waals surface area contributed by atoms with Crippen LogP contribution < -0.4 is 0 Å². The molecule has 0 aliphatic heterocycles. The molecule has 0 radical (unpaired) electrons. The lowest BCUT2D eigenvalue weighted by molar-refractivity contribution is 0.589. The van der Waals surface area contributed by atoms with Gasteiger partial charge in [0.25, 0.3) is 0 Å². The van der Waals surface area contributed by atoms with Crippen molar-refractivity contribution in [1.82, 2.24) is 0 Å². The average Bonchev–Trinajstić information content (AvgIpc) is 3.07. The Kier molecular flexibility index (Phi) is 8.56. The van der Waals surface area contributed by atoms with Crippen molar-refractivity contribution in [2.75, 3.05) is 0 Å². The van der Waals surface area contributed by atoms with Gasteiger partial charge in [-0.15, -0.1) is 10.2 Å². The van der Waals surface area contributed by atoms with Crippen molar-refractivity contribution in [1.29, 1.82) is 0 Å². The highest BCUT2D eigenvalue weighted by molar-refractivity contribution is 5.87. The minimum Gasteiger partial charge on any atom is -0.150 e. The van der Waals surface area contributed by atoms with Crippen LogP contribution in [0.4, 0.5) is 11.4 Å². The van der Waals surface area contributed by atoms with E-state index >= 15 is 0 Å². The molecule has 228 valence electrons. The van der Waals surface area contributed by atoms with Gasteiger partial charge in [0.05, 0.1) is 11.4 Å². The largest absolute Gasteiger partial charge is 0.150 e. The van der Waals surface area contributed by atoms with Gasteiger partial charge in [0, 0.05) is 11.1 Å². The number of rotatable bonds is 6. The SMILES string of the molecule is CC(C)(C)c1cc(-c2ccccc2)cc(-c2ccccc2)c1N=Nc1c(-c2ccccc2)cc(-c2ccccc2)cc1C(C)(C)C. The van der Waals surface area contributed by atoms with Crippen LogP contribution in [-0.4, -0.2) is 0 Å². The van der Waals surface area contributed by atoms with Crippen molar-refractivity contribution in [2.24, 2.45) is 10.2 Å². The second kappa shape index (κ2) is 12.7. The third-order valence-electron chi connectivity index (χ3n) is 8.47. The minimum absolute atomic E-state index is 0.172. The lowest BCUT2D eigenvalue weighted by Crippen LogP contribution is -2.13. The summed E-state index contributed by atoms with van der Waals surface area (Å²) in [4.78, 5) is 0. The number of azo groups is 1. The number of nitrogens with zero attached hydrogens (tertiary/aromatic N) is 2. The van der Waals surface area contributed by atoms with E-state index in [-0.39, 0.29) is 10.8 Å². The van der Waals surface area contributed by atoms with E-state index in [1.807, 2.05) is 0 Å². The van der Waals surface area contributed by atoms with Crippen LogP contribution in [0.5, 0.6) is 0 Å². The van der Waals surface area contributed by atoms with E-state index in [0.717, 1.165) is 44.8 Å². The monoisotopic (exact) mass is 598 g/mol. The molecule has 0 aromatic heterocycles. The van der Waals surface area contributed by atoms with Crippen LogP contribution in [0.3, 0.4) is 0 Å². The Bertz CT molecular complexity index is 1810. The van der Waals surface area contributed by atoms with Gasteiger partial charge in [-0.1, -0.05) is 163 Å². The summed E-state index contributed by atoms with van der Waals surface area (Å²) in [6, 6.07) is 51.5. The molecule has 0 heterocycles. The van der Waals surface area contributed by atoms with Gasteiger partial charge in [0.2, 0.25) is 0 Å². The van der Waals surface area contributed by atoms with Crippen molar-refractivity contribution in [3.8, 4) is 44.5 Å². The molecule has 0 aliphatic rings. The molecule has 6 rings (SSSR count). The first-order valence-corrected chi connectivity index (χ1v) is 16.1. The molecule has 6 aromatic carbocycles. The van der Waals surface area contributed by atoms with Gasteiger partial charge < -0.3 is 0 Å². The van der Waals surface area contributed by atoms with Gasteiger partial charge in [-0.3, -0.25) is 0 Å². The summed E-state index contributed by atoms with van der Waals surface area (Å²) in [5.74, 6) is 0. The third-order valence-corrected chi connectivity index (χ3v) is 8.47. The third kappa shape index (κ3) is 6.62. The average molecular weight is 599 g/mol. The Hall–Kier alpha value is -5.08. The molecule has 0 spiro atoms. The summed E-state index contributed by atoms with van der Waals surface area (Å²) in [5, 5.41) is 10.5. The summed E-state index contributed by atoms with van der Waals surface area (Å²) in [5.41, 5.74) is 12.9. The van der Waals surface area contributed by atoms with Gasteiger partial charge >= 0.3 is 0 Å². The molecule has 2 heteroatoms. The lowest BCUT2D eigenvalue weighted by Gasteiger charge is -2.26. The molecule has 0 saturated heterocycles. The summed E-state index contributed by atoms with van der Waals surface area (Å²) in [6.07, 6.45) is 0. The van der Waals surface area contributed by atoms with E-state index < -0.39 is 0 Å². The predicted octanol–water partition coefficient (Wildman–Crippen LogP) is 13.4. The second-order valence-electron chi connectivity index (χ2n) is 14.0. The summed E-state index contributed by atoms with van der Waals surface area (Å²) in [6.45, 7) is 13.6. The Morgan fingerprint density at radius 3 is 0.891 bits per heavy atom. The molecule has 0 bridgehead atoms. The van der Waals surface area contributed by atoms with Gasteiger partial charge in [-0.05, 0) is 79.6 Å². The normalized spacial score (nSPS) is 12.0. The lowest BCUT2D eigenvalue weighted by atomic mass is 9.81. The molecule has 0 amide bonds.